The molecular weight excluding hydrogens is 525 g/mol. The summed E-state index contributed by atoms with van der Waals surface area (Å²) >= 11 is 3.11. The van der Waals surface area contributed by atoms with Crippen LogP contribution in [0.25, 0.3) is 0 Å². The molecule has 0 fully saturated rings. The third-order valence-corrected chi connectivity index (χ3v) is 4.91. The Balaban J connectivity index is 1.66. The van der Waals surface area contributed by atoms with Crippen molar-refractivity contribution in [3.8, 4) is 0 Å². The van der Waals surface area contributed by atoms with Crippen LogP contribution in [0, 0.1) is 10.1 Å². The van der Waals surface area contributed by atoms with Gasteiger partial charge in [-0.15, -0.1) is 0 Å². The van der Waals surface area contributed by atoms with Crippen molar-refractivity contribution in [3.63, 3.8) is 0 Å². The Hall–Kier alpha value is -4.00. The Morgan fingerprint density at radius 3 is 2.56 bits per heavy atom. The van der Waals surface area contributed by atoms with Gasteiger partial charge in [0.1, 0.15) is 11.4 Å². The second-order valence-electron chi connectivity index (χ2n) is 6.65. The number of hydrogen-bond acceptors (Lipinski definition) is 7. The maximum Gasteiger partial charge on any atom is 0.416 e. The van der Waals surface area contributed by atoms with Gasteiger partial charge in [-0.2, -0.15) is 13.2 Å². The van der Waals surface area contributed by atoms with Crippen LogP contribution in [0.2, 0.25) is 0 Å². The minimum Gasteiger partial charge on any atom is -0.452 e. The summed E-state index contributed by atoms with van der Waals surface area (Å²) in [6, 6.07) is 10.8. The van der Waals surface area contributed by atoms with Gasteiger partial charge in [0.25, 0.3) is 11.6 Å². The van der Waals surface area contributed by atoms with E-state index in [1.165, 1.54) is 48.7 Å². The number of anilines is 3. The lowest BCUT2D eigenvalue weighted by Crippen LogP contribution is -2.21. The monoisotopic (exact) mass is 538 g/mol. The third kappa shape index (κ3) is 6.28. The number of benzene rings is 2. The van der Waals surface area contributed by atoms with E-state index >= 15 is 0 Å². The van der Waals surface area contributed by atoms with Crippen molar-refractivity contribution in [2.24, 2.45) is 0 Å². The Labute approximate surface area is 198 Å². The molecule has 0 aliphatic rings. The van der Waals surface area contributed by atoms with Gasteiger partial charge in [-0.1, -0.05) is 6.07 Å². The molecule has 1 amide bonds. The van der Waals surface area contributed by atoms with E-state index in [1.807, 2.05) is 0 Å². The molecule has 3 rings (SSSR count). The molecule has 0 saturated heterocycles. The third-order valence-electron chi connectivity index (χ3n) is 4.25. The van der Waals surface area contributed by atoms with Gasteiger partial charge in [0.05, 0.1) is 16.2 Å². The Kier molecular flexibility index (Phi) is 7.46. The number of carbonyl (C=O) groups excluding carboxylic acids is 2. The molecule has 9 nitrogen and oxygen atoms in total. The van der Waals surface area contributed by atoms with Crippen LogP contribution in [-0.2, 0) is 15.7 Å². The summed E-state index contributed by atoms with van der Waals surface area (Å²) in [6.45, 7) is -0.694. The number of nitro groups is 1. The average Bonchev–Trinajstić information content (AvgIpc) is 2.78. The molecule has 1 heterocycles. The van der Waals surface area contributed by atoms with Crippen molar-refractivity contribution in [1.82, 2.24) is 4.98 Å². The lowest BCUT2D eigenvalue weighted by Gasteiger charge is -2.13. The number of ether oxygens (including phenoxy) is 1. The molecule has 34 heavy (non-hydrogen) atoms. The number of nitrogens with one attached hydrogen (secondary N) is 2. The topological polar surface area (TPSA) is 123 Å². The number of alkyl halides is 3. The SMILES string of the molecule is O=C(COC(=O)c1cccnc1Nc1cccc(C(F)(F)F)c1)Nc1ccc([N+](=O)[O-])cc1Br. The van der Waals surface area contributed by atoms with Crippen LogP contribution in [0.15, 0.2) is 65.3 Å². The van der Waals surface area contributed by atoms with Crippen molar-refractivity contribution in [1.29, 1.82) is 0 Å². The number of nitrogens with zero attached hydrogens (tertiary/aromatic N) is 2. The van der Waals surface area contributed by atoms with Crippen LogP contribution in [-0.4, -0.2) is 28.4 Å². The van der Waals surface area contributed by atoms with Gasteiger partial charge in [-0.25, -0.2) is 9.78 Å². The minimum absolute atomic E-state index is 0.0448. The number of carbonyl (C=O) groups is 2. The highest BCUT2D eigenvalue weighted by molar-refractivity contribution is 9.10. The average molecular weight is 539 g/mol. The summed E-state index contributed by atoms with van der Waals surface area (Å²) in [6.07, 6.45) is -3.22. The van der Waals surface area contributed by atoms with Crippen LogP contribution >= 0.6 is 15.9 Å². The maximum absolute atomic E-state index is 12.9. The van der Waals surface area contributed by atoms with Crippen molar-refractivity contribution in [3.05, 3.63) is 86.5 Å². The molecular formula is C21H14BrF3N4O5. The van der Waals surface area contributed by atoms with Crippen LogP contribution in [0.1, 0.15) is 15.9 Å². The van der Waals surface area contributed by atoms with Gasteiger partial charge in [0.2, 0.25) is 0 Å². The molecule has 0 atom stereocenters. The Morgan fingerprint density at radius 1 is 1.12 bits per heavy atom. The van der Waals surface area contributed by atoms with Crippen molar-refractivity contribution in [2.75, 3.05) is 17.2 Å². The molecule has 1 aromatic heterocycles. The largest absolute Gasteiger partial charge is 0.452 e. The molecule has 0 spiro atoms. The fraction of sp³-hybridized carbons (Fsp3) is 0.0952. The standard InChI is InChI=1S/C21H14BrF3N4O5/c22-16-10-14(29(32)33)6-7-17(16)28-18(30)11-34-20(31)15-5-2-8-26-19(15)27-13-4-1-3-12(9-13)21(23,24)25/h1-10H,11H2,(H,26,27)(H,28,30). The minimum atomic E-state index is -4.55. The highest BCUT2D eigenvalue weighted by Crippen LogP contribution is 2.31. The van der Waals surface area contributed by atoms with E-state index < -0.39 is 35.1 Å². The molecule has 176 valence electrons. The van der Waals surface area contributed by atoms with Crippen molar-refractivity contribution < 1.29 is 32.4 Å². The fourth-order valence-electron chi connectivity index (χ4n) is 2.69. The zero-order valence-corrected chi connectivity index (χ0v) is 18.5. The lowest BCUT2D eigenvalue weighted by molar-refractivity contribution is -0.384. The van der Waals surface area contributed by atoms with E-state index in [0.717, 1.165) is 12.1 Å². The number of rotatable bonds is 7. The van der Waals surface area contributed by atoms with E-state index in [2.05, 4.69) is 31.5 Å². The number of non-ortho nitro benzene ring substituents is 1. The molecule has 0 saturated carbocycles. The first-order chi connectivity index (χ1) is 16.0. The molecule has 13 heteroatoms. The second-order valence-corrected chi connectivity index (χ2v) is 7.50. The van der Waals surface area contributed by atoms with Crippen molar-refractivity contribution in [2.45, 2.75) is 6.18 Å². The van der Waals surface area contributed by atoms with E-state index in [4.69, 9.17) is 4.74 Å². The van der Waals surface area contributed by atoms with Gasteiger partial charge in [0, 0.05) is 28.5 Å². The fourth-order valence-corrected chi connectivity index (χ4v) is 3.16. The molecule has 0 bridgehead atoms. The van der Waals surface area contributed by atoms with Crippen LogP contribution in [0.4, 0.5) is 36.1 Å². The number of hydrogen-bond donors (Lipinski definition) is 2. The van der Waals surface area contributed by atoms with Gasteiger partial charge >= 0.3 is 12.1 Å². The first-order valence-corrected chi connectivity index (χ1v) is 10.1. The zero-order chi connectivity index (χ0) is 24.9. The normalized spacial score (nSPS) is 10.9. The molecule has 0 aliphatic carbocycles. The number of aromatic nitrogens is 1. The Bertz CT molecular complexity index is 1250. The first kappa shape index (κ1) is 24.6. The molecule has 2 aromatic carbocycles. The maximum atomic E-state index is 12.9. The number of halogens is 4. The van der Waals surface area contributed by atoms with Crippen LogP contribution in [0.3, 0.4) is 0 Å². The van der Waals surface area contributed by atoms with Crippen LogP contribution < -0.4 is 10.6 Å². The van der Waals surface area contributed by atoms with E-state index in [9.17, 15) is 32.9 Å². The van der Waals surface area contributed by atoms with Gasteiger partial charge in [0.15, 0.2) is 6.61 Å². The predicted octanol–water partition coefficient (Wildman–Crippen LogP) is 5.31. The quantitative estimate of drug-likeness (QED) is 0.237. The summed E-state index contributed by atoms with van der Waals surface area (Å²) in [5.41, 5.74) is -0.909. The summed E-state index contributed by atoms with van der Waals surface area (Å²) in [5, 5.41) is 15.9. The van der Waals surface area contributed by atoms with E-state index in [0.29, 0.717) is 0 Å². The molecule has 0 aliphatic heterocycles. The molecule has 2 N–H and O–H groups in total. The van der Waals surface area contributed by atoms with Gasteiger partial charge < -0.3 is 15.4 Å². The first-order valence-electron chi connectivity index (χ1n) is 9.35. The summed E-state index contributed by atoms with van der Waals surface area (Å²) in [4.78, 5) is 38.8. The number of esters is 1. The predicted molar refractivity (Wildman–Crippen MR) is 119 cm³/mol. The molecule has 0 unspecified atom stereocenters. The highest BCUT2D eigenvalue weighted by Gasteiger charge is 2.30. The van der Waals surface area contributed by atoms with Gasteiger partial charge in [-0.3, -0.25) is 14.9 Å². The van der Waals surface area contributed by atoms with Gasteiger partial charge in [-0.05, 0) is 52.3 Å². The highest BCUT2D eigenvalue weighted by atomic mass is 79.9. The number of amides is 1. The summed E-state index contributed by atoms with van der Waals surface area (Å²) in [7, 11) is 0. The molecule has 3 aromatic rings. The van der Waals surface area contributed by atoms with E-state index in [1.54, 1.807) is 0 Å². The van der Waals surface area contributed by atoms with Crippen molar-refractivity contribution >= 4 is 50.7 Å². The Morgan fingerprint density at radius 2 is 1.88 bits per heavy atom. The smallest absolute Gasteiger partial charge is 0.416 e. The lowest BCUT2D eigenvalue weighted by atomic mass is 10.2. The van der Waals surface area contributed by atoms with Crippen LogP contribution in [0.5, 0.6) is 0 Å². The summed E-state index contributed by atoms with van der Waals surface area (Å²) < 4.78 is 44.1. The molecule has 0 radical (unpaired) electrons. The summed E-state index contributed by atoms with van der Waals surface area (Å²) in [5.74, 6) is -1.73. The number of pyridine rings is 1. The zero-order valence-electron chi connectivity index (χ0n) is 16.9. The number of nitro benzene ring substituents is 1. The van der Waals surface area contributed by atoms with E-state index in [-0.39, 0.29) is 32.9 Å². The second kappa shape index (κ2) is 10.3.